The Hall–Kier alpha value is -2.60. The molecule has 0 saturated carbocycles. The van der Waals surface area contributed by atoms with Gasteiger partial charge in [-0.1, -0.05) is 49.4 Å². The SMILES string of the molecule is CCCN1C(C(=O)c2ccccc2)=C(OCC)c2ccccc2S1(=O)=O. The van der Waals surface area contributed by atoms with E-state index in [0.29, 0.717) is 29.9 Å². The molecule has 0 aliphatic carbocycles. The van der Waals surface area contributed by atoms with Crippen LogP contribution in [-0.4, -0.2) is 31.7 Å². The van der Waals surface area contributed by atoms with Crippen LogP contribution < -0.4 is 0 Å². The molecule has 1 aliphatic heterocycles. The first-order valence-corrected chi connectivity index (χ1v) is 10.0. The highest BCUT2D eigenvalue weighted by Crippen LogP contribution is 2.38. The van der Waals surface area contributed by atoms with Gasteiger partial charge >= 0.3 is 0 Å². The van der Waals surface area contributed by atoms with Gasteiger partial charge in [0.05, 0.1) is 11.5 Å². The molecule has 0 unspecified atom stereocenters. The standard InChI is InChI=1S/C20H21NO4S/c1-3-14-21-18(19(22)15-10-6-5-7-11-15)20(25-4-2)16-12-8-9-13-17(16)26(21,23)24/h5-13H,3-4,14H2,1-2H3. The fourth-order valence-electron chi connectivity index (χ4n) is 3.03. The predicted molar refractivity (Wildman–Crippen MR) is 99.9 cm³/mol. The average Bonchev–Trinajstić information content (AvgIpc) is 2.66. The Bertz CT molecular complexity index is 949. The summed E-state index contributed by atoms with van der Waals surface area (Å²) in [5.41, 5.74) is 0.940. The van der Waals surface area contributed by atoms with Crippen molar-refractivity contribution >= 4 is 21.6 Å². The molecule has 5 nitrogen and oxygen atoms in total. The molecule has 0 aromatic heterocycles. The molecule has 3 rings (SSSR count). The van der Waals surface area contributed by atoms with Crippen molar-refractivity contribution < 1.29 is 17.9 Å². The van der Waals surface area contributed by atoms with Crippen molar-refractivity contribution in [3.63, 3.8) is 0 Å². The van der Waals surface area contributed by atoms with Gasteiger partial charge in [-0.25, -0.2) is 8.42 Å². The summed E-state index contributed by atoms with van der Waals surface area (Å²) in [5.74, 6) is -0.0409. The zero-order valence-corrected chi connectivity index (χ0v) is 15.6. The molecular weight excluding hydrogens is 350 g/mol. The van der Waals surface area contributed by atoms with Crippen LogP contribution in [0, 0.1) is 0 Å². The Kier molecular flexibility index (Phi) is 5.13. The highest BCUT2D eigenvalue weighted by molar-refractivity contribution is 7.89. The summed E-state index contributed by atoms with van der Waals surface area (Å²) < 4.78 is 33.3. The number of allylic oxidation sites excluding steroid dienone is 1. The smallest absolute Gasteiger partial charge is 0.265 e. The molecule has 1 heterocycles. The van der Waals surface area contributed by atoms with Gasteiger partial charge < -0.3 is 4.74 Å². The molecule has 0 bridgehead atoms. The third-order valence-corrected chi connectivity index (χ3v) is 5.99. The minimum absolute atomic E-state index is 0.0820. The van der Waals surface area contributed by atoms with Crippen molar-refractivity contribution in [1.29, 1.82) is 0 Å². The molecule has 0 amide bonds. The lowest BCUT2D eigenvalue weighted by Crippen LogP contribution is -2.39. The van der Waals surface area contributed by atoms with Crippen LogP contribution in [0.15, 0.2) is 65.2 Å². The molecule has 0 radical (unpaired) electrons. The van der Waals surface area contributed by atoms with E-state index in [9.17, 15) is 13.2 Å². The second-order valence-corrected chi connectivity index (χ2v) is 7.71. The lowest BCUT2D eigenvalue weighted by Gasteiger charge is -2.33. The molecule has 1 aliphatic rings. The molecule has 0 saturated heterocycles. The fraction of sp³-hybridized carbons (Fsp3) is 0.250. The van der Waals surface area contributed by atoms with E-state index in [0.717, 1.165) is 0 Å². The monoisotopic (exact) mass is 371 g/mol. The maximum Gasteiger partial charge on any atom is 0.265 e. The molecule has 0 atom stereocenters. The number of benzene rings is 2. The summed E-state index contributed by atoms with van der Waals surface area (Å²) in [7, 11) is -3.82. The Morgan fingerprint density at radius 3 is 2.31 bits per heavy atom. The number of hydrogen-bond acceptors (Lipinski definition) is 4. The van der Waals surface area contributed by atoms with E-state index in [2.05, 4.69) is 0 Å². The molecule has 0 fully saturated rings. The summed E-state index contributed by atoms with van der Waals surface area (Å²) in [6.45, 7) is 4.23. The number of ketones is 1. The van der Waals surface area contributed by atoms with Gasteiger partial charge in [-0.05, 0) is 25.5 Å². The van der Waals surface area contributed by atoms with Crippen molar-refractivity contribution in [1.82, 2.24) is 4.31 Å². The number of rotatable bonds is 6. The van der Waals surface area contributed by atoms with Gasteiger partial charge in [0.25, 0.3) is 10.0 Å². The lowest BCUT2D eigenvalue weighted by molar-refractivity contribution is 0.100. The Balaban J connectivity index is 2.31. The second-order valence-electron chi connectivity index (χ2n) is 5.88. The minimum atomic E-state index is -3.82. The van der Waals surface area contributed by atoms with Crippen LogP contribution in [0.4, 0.5) is 0 Å². The molecular formula is C20H21NO4S. The number of hydrogen-bond donors (Lipinski definition) is 0. The van der Waals surface area contributed by atoms with Gasteiger partial charge in [0.1, 0.15) is 5.70 Å². The van der Waals surface area contributed by atoms with Gasteiger partial charge in [-0.2, -0.15) is 0 Å². The number of nitrogens with zero attached hydrogens (tertiary/aromatic N) is 1. The topological polar surface area (TPSA) is 63.7 Å². The fourth-order valence-corrected chi connectivity index (χ4v) is 4.78. The Morgan fingerprint density at radius 2 is 1.65 bits per heavy atom. The maximum absolute atomic E-state index is 13.2. The largest absolute Gasteiger partial charge is 0.491 e. The van der Waals surface area contributed by atoms with Gasteiger partial charge in [0.2, 0.25) is 5.78 Å². The van der Waals surface area contributed by atoms with Crippen LogP contribution in [0.1, 0.15) is 36.2 Å². The van der Waals surface area contributed by atoms with Crippen molar-refractivity contribution in [3.8, 4) is 0 Å². The Labute approximate surface area is 154 Å². The predicted octanol–water partition coefficient (Wildman–Crippen LogP) is 3.69. The third-order valence-electron chi connectivity index (χ3n) is 4.13. The van der Waals surface area contributed by atoms with E-state index < -0.39 is 10.0 Å². The van der Waals surface area contributed by atoms with Crippen molar-refractivity contribution in [2.75, 3.05) is 13.2 Å². The highest BCUT2D eigenvalue weighted by Gasteiger charge is 2.40. The van der Waals surface area contributed by atoms with Crippen LogP contribution >= 0.6 is 0 Å². The number of carbonyl (C=O) groups excluding carboxylic acids is 1. The molecule has 6 heteroatoms. The summed E-state index contributed by atoms with van der Waals surface area (Å²) in [4.78, 5) is 13.4. The minimum Gasteiger partial charge on any atom is -0.491 e. The first-order valence-electron chi connectivity index (χ1n) is 8.61. The van der Waals surface area contributed by atoms with Crippen molar-refractivity contribution in [2.45, 2.75) is 25.2 Å². The molecule has 0 N–H and O–H groups in total. The zero-order chi connectivity index (χ0) is 18.7. The quantitative estimate of drug-likeness (QED) is 0.727. The number of carbonyl (C=O) groups is 1. The summed E-state index contributed by atoms with van der Waals surface area (Å²) >= 11 is 0. The average molecular weight is 371 g/mol. The van der Waals surface area contributed by atoms with E-state index in [1.54, 1.807) is 48.5 Å². The summed E-state index contributed by atoms with van der Waals surface area (Å²) in [6.07, 6.45) is 0.576. The Morgan fingerprint density at radius 1 is 1.00 bits per heavy atom. The third kappa shape index (κ3) is 3.01. The highest BCUT2D eigenvalue weighted by atomic mass is 32.2. The number of Topliss-reactive ketones (excluding diaryl/α,β-unsaturated/α-hetero) is 1. The van der Waals surface area contributed by atoms with Crippen molar-refractivity contribution in [2.24, 2.45) is 0 Å². The number of sulfonamides is 1. The molecule has 0 spiro atoms. The van der Waals surface area contributed by atoms with Crippen LogP contribution in [0.3, 0.4) is 0 Å². The van der Waals surface area contributed by atoms with E-state index >= 15 is 0 Å². The van der Waals surface area contributed by atoms with Gasteiger partial charge in [0.15, 0.2) is 5.76 Å². The van der Waals surface area contributed by atoms with Gasteiger partial charge in [-0.3, -0.25) is 9.10 Å². The van der Waals surface area contributed by atoms with Gasteiger partial charge in [-0.15, -0.1) is 0 Å². The van der Waals surface area contributed by atoms with Crippen LogP contribution in [0.2, 0.25) is 0 Å². The maximum atomic E-state index is 13.2. The number of fused-ring (bicyclic) bond motifs is 1. The van der Waals surface area contributed by atoms with Crippen LogP contribution in [0.5, 0.6) is 0 Å². The van der Waals surface area contributed by atoms with E-state index in [4.69, 9.17) is 4.74 Å². The van der Waals surface area contributed by atoms with Crippen LogP contribution in [-0.2, 0) is 14.8 Å². The van der Waals surface area contributed by atoms with Gasteiger partial charge in [0, 0.05) is 17.7 Å². The first-order chi connectivity index (χ1) is 12.5. The van der Waals surface area contributed by atoms with Crippen LogP contribution in [0.25, 0.3) is 5.76 Å². The molecule has 26 heavy (non-hydrogen) atoms. The molecule has 2 aromatic rings. The zero-order valence-electron chi connectivity index (χ0n) is 14.8. The summed E-state index contributed by atoms with van der Waals surface area (Å²) in [5, 5.41) is 0. The second kappa shape index (κ2) is 7.33. The van der Waals surface area contributed by atoms with E-state index in [1.165, 1.54) is 4.31 Å². The van der Waals surface area contributed by atoms with E-state index in [1.807, 2.05) is 19.9 Å². The number of ether oxygens (including phenoxy) is 1. The summed E-state index contributed by atoms with van der Waals surface area (Å²) in [6, 6.07) is 15.3. The normalized spacial score (nSPS) is 15.5. The van der Waals surface area contributed by atoms with Crippen molar-refractivity contribution in [3.05, 3.63) is 71.4 Å². The molecule has 136 valence electrons. The lowest BCUT2D eigenvalue weighted by atomic mass is 10.0. The first kappa shape index (κ1) is 18.2. The molecule has 2 aromatic carbocycles. The van der Waals surface area contributed by atoms with E-state index in [-0.39, 0.29) is 22.9 Å².